The molecule has 2 unspecified atom stereocenters. The fraction of sp³-hybridized carbons (Fsp3) is 0.824. The van der Waals surface area contributed by atoms with Crippen molar-refractivity contribution in [2.24, 2.45) is 17.3 Å². The Labute approximate surface area is 136 Å². The summed E-state index contributed by atoms with van der Waals surface area (Å²) in [6, 6.07) is 0. The average Bonchev–Trinajstić information content (AvgIpc) is 3.03. The normalized spacial score (nSPS) is 28.7. The molecule has 2 amide bonds. The zero-order chi connectivity index (χ0) is 16.6. The van der Waals surface area contributed by atoms with Crippen molar-refractivity contribution in [3.63, 3.8) is 0 Å². The Kier molecular flexibility index (Phi) is 4.34. The van der Waals surface area contributed by atoms with Gasteiger partial charge in [0, 0.05) is 26.1 Å². The minimum atomic E-state index is -0.840. The quantitative estimate of drug-likeness (QED) is 0.847. The standard InChI is InChI=1S/C17H26N2O4/c1-18(15(21)13-9-17(13)6-2-3-7-17)11-14(20)19-8-4-5-12(10-19)16(22)23/h12-13H,2-11H2,1H3,(H,22,23). The molecule has 1 N–H and O–H groups in total. The van der Waals surface area contributed by atoms with Crippen LogP contribution in [0.1, 0.15) is 44.9 Å². The summed E-state index contributed by atoms with van der Waals surface area (Å²) in [5.41, 5.74) is 0.244. The van der Waals surface area contributed by atoms with E-state index >= 15 is 0 Å². The van der Waals surface area contributed by atoms with E-state index in [0.717, 1.165) is 19.3 Å². The third-order valence-corrected chi connectivity index (χ3v) is 5.96. The Morgan fingerprint density at radius 1 is 1.22 bits per heavy atom. The molecule has 0 aromatic rings. The SMILES string of the molecule is CN(CC(=O)N1CCCC(C(=O)O)C1)C(=O)C1CC12CCCC2. The molecule has 2 aliphatic carbocycles. The zero-order valence-electron chi connectivity index (χ0n) is 13.8. The van der Waals surface area contributed by atoms with Crippen LogP contribution >= 0.6 is 0 Å². The summed E-state index contributed by atoms with van der Waals surface area (Å²) < 4.78 is 0. The van der Waals surface area contributed by atoms with E-state index in [-0.39, 0.29) is 36.2 Å². The molecule has 2 atom stereocenters. The molecule has 0 bridgehead atoms. The lowest BCUT2D eigenvalue weighted by Gasteiger charge is -2.32. The number of carbonyl (C=O) groups excluding carboxylic acids is 2. The second-order valence-corrected chi connectivity index (χ2v) is 7.54. The first-order valence-electron chi connectivity index (χ1n) is 8.68. The van der Waals surface area contributed by atoms with Gasteiger partial charge in [-0.2, -0.15) is 0 Å². The Balaban J connectivity index is 1.51. The molecule has 6 heteroatoms. The van der Waals surface area contributed by atoms with Crippen LogP contribution < -0.4 is 0 Å². The van der Waals surface area contributed by atoms with E-state index < -0.39 is 11.9 Å². The van der Waals surface area contributed by atoms with Gasteiger partial charge in [-0.3, -0.25) is 14.4 Å². The third-order valence-electron chi connectivity index (χ3n) is 5.96. The minimum Gasteiger partial charge on any atom is -0.481 e. The number of amides is 2. The lowest BCUT2D eigenvalue weighted by Crippen LogP contribution is -2.47. The van der Waals surface area contributed by atoms with Gasteiger partial charge < -0.3 is 14.9 Å². The van der Waals surface area contributed by atoms with Crippen molar-refractivity contribution in [2.75, 3.05) is 26.7 Å². The minimum absolute atomic E-state index is 0.0672. The number of likely N-dealkylation sites (N-methyl/N-ethyl adjacent to an activating group) is 1. The fourth-order valence-electron chi connectivity index (χ4n) is 4.38. The Morgan fingerprint density at radius 2 is 1.91 bits per heavy atom. The molecule has 2 saturated carbocycles. The van der Waals surface area contributed by atoms with E-state index in [4.69, 9.17) is 5.11 Å². The van der Waals surface area contributed by atoms with Crippen LogP contribution in [0.25, 0.3) is 0 Å². The first-order chi connectivity index (χ1) is 10.9. The summed E-state index contributed by atoms with van der Waals surface area (Å²) in [7, 11) is 1.69. The number of likely N-dealkylation sites (tertiary alicyclic amines) is 1. The second kappa shape index (κ2) is 6.13. The Morgan fingerprint density at radius 3 is 2.57 bits per heavy atom. The van der Waals surface area contributed by atoms with Crippen LogP contribution in [-0.4, -0.2) is 59.4 Å². The number of nitrogens with zero attached hydrogens (tertiary/aromatic N) is 2. The van der Waals surface area contributed by atoms with Crippen LogP contribution in [0.3, 0.4) is 0 Å². The largest absolute Gasteiger partial charge is 0.481 e. The summed E-state index contributed by atoms with van der Waals surface area (Å²) in [5.74, 6) is -1.25. The predicted octanol–water partition coefficient (Wildman–Crippen LogP) is 1.35. The van der Waals surface area contributed by atoms with Crippen molar-refractivity contribution in [3.05, 3.63) is 0 Å². The molecule has 1 spiro atoms. The van der Waals surface area contributed by atoms with Crippen molar-refractivity contribution < 1.29 is 19.5 Å². The number of hydrogen-bond acceptors (Lipinski definition) is 3. The monoisotopic (exact) mass is 322 g/mol. The average molecular weight is 322 g/mol. The molecule has 0 radical (unpaired) electrons. The molecule has 128 valence electrons. The van der Waals surface area contributed by atoms with Crippen molar-refractivity contribution in [3.8, 4) is 0 Å². The summed E-state index contributed by atoms with van der Waals surface area (Å²) in [5, 5.41) is 9.10. The summed E-state index contributed by atoms with van der Waals surface area (Å²) in [4.78, 5) is 39.1. The third kappa shape index (κ3) is 3.21. The fourth-order valence-corrected chi connectivity index (χ4v) is 4.38. The molecule has 6 nitrogen and oxygen atoms in total. The van der Waals surface area contributed by atoms with Gasteiger partial charge >= 0.3 is 5.97 Å². The molecule has 23 heavy (non-hydrogen) atoms. The highest BCUT2D eigenvalue weighted by atomic mass is 16.4. The molecule has 0 aromatic heterocycles. The summed E-state index contributed by atoms with van der Waals surface area (Å²) >= 11 is 0. The maximum Gasteiger partial charge on any atom is 0.308 e. The van der Waals surface area contributed by atoms with Gasteiger partial charge in [-0.05, 0) is 37.5 Å². The van der Waals surface area contributed by atoms with E-state index in [0.29, 0.717) is 19.4 Å². The topological polar surface area (TPSA) is 77.9 Å². The van der Waals surface area contributed by atoms with Gasteiger partial charge in [-0.1, -0.05) is 12.8 Å². The molecular formula is C17H26N2O4. The molecule has 3 aliphatic rings. The molecular weight excluding hydrogens is 296 g/mol. The molecule has 3 fully saturated rings. The Bertz CT molecular complexity index is 513. The number of rotatable bonds is 4. The van der Waals surface area contributed by atoms with Crippen molar-refractivity contribution in [1.29, 1.82) is 0 Å². The number of hydrogen-bond donors (Lipinski definition) is 1. The number of piperidine rings is 1. The maximum absolute atomic E-state index is 12.5. The first kappa shape index (κ1) is 16.3. The molecule has 1 saturated heterocycles. The van der Waals surface area contributed by atoms with Crippen LogP contribution in [-0.2, 0) is 14.4 Å². The van der Waals surface area contributed by atoms with E-state index in [1.54, 1.807) is 16.8 Å². The highest BCUT2D eigenvalue weighted by molar-refractivity contribution is 5.88. The van der Waals surface area contributed by atoms with E-state index in [1.165, 1.54) is 12.8 Å². The predicted molar refractivity (Wildman–Crippen MR) is 83.6 cm³/mol. The van der Waals surface area contributed by atoms with Crippen LogP contribution in [0.5, 0.6) is 0 Å². The van der Waals surface area contributed by atoms with E-state index in [9.17, 15) is 14.4 Å². The molecule has 1 aliphatic heterocycles. The van der Waals surface area contributed by atoms with Gasteiger partial charge in [0.15, 0.2) is 0 Å². The van der Waals surface area contributed by atoms with Crippen molar-refractivity contribution in [1.82, 2.24) is 9.80 Å². The van der Waals surface area contributed by atoms with Crippen LogP contribution in [0, 0.1) is 17.3 Å². The van der Waals surface area contributed by atoms with E-state index in [2.05, 4.69) is 0 Å². The van der Waals surface area contributed by atoms with Gasteiger partial charge in [-0.25, -0.2) is 0 Å². The highest BCUT2D eigenvalue weighted by Crippen LogP contribution is 2.63. The van der Waals surface area contributed by atoms with Crippen LogP contribution in [0.2, 0.25) is 0 Å². The maximum atomic E-state index is 12.5. The lowest BCUT2D eigenvalue weighted by atomic mass is 9.98. The van der Waals surface area contributed by atoms with Crippen molar-refractivity contribution in [2.45, 2.75) is 44.9 Å². The number of carbonyl (C=O) groups is 3. The molecule has 0 aromatic carbocycles. The zero-order valence-corrected chi connectivity index (χ0v) is 13.8. The molecule has 1 heterocycles. The second-order valence-electron chi connectivity index (χ2n) is 7.54. The van der Waals surface area contributed by atoms with Gasteiger partial charge in [0.2, 0.25) is 11.8 Å². The van der Waals surface area contributed by atoms with E-state index in [1.807, 2.05) is 0 Å². The number of carboxylic acid groups (broad SMARTS) is 1. The highest BCUT2D eigenvalue weighted by Gasteiger charge is 2.59. The number of aliphatic carboxylic acids is 1. The molecule has 3 rings (SSSR count). The smallest absolute Gasteiger partial charge is 0.308 e. The summed E-state index contributed by atoms with van der Waals surface area (Å²) in [6.07, 6.45) is 7.06. The van der Waals surface area contributed by atoms with Crippen molar-refractivity contribution >= 4 is 17.8 Å². The van der Waals surface area contributed by atoms with Crippen LogP contribution in [0.4, 0.5) is 0 Å². The van der Waals surface area contributed by atoms with Crippen LogP contribution in [0.15, 0.2) is 0 Å². The van der Waals surface area contributed by atoms with Gasteiger partial charge in [0.05, 0.1) is 12.5 Å². The Hall–Kier alpha value is -1.59. The van der Waals surface area contributed by atoms with Gasteiger partial charge in [0.1, 0.15) is 0 Å². The van der Waals surface area contributed by atoms with Gasteiger partial charge in [-0.15, -0.1) is 0 Å². The van der Waals surface area contributed by atoms with Gasteiger partial charge in [0.25, 0.3) is 0 Å². The lowest BCUT2D eigenvalue weighted by molar-refractivity contribution is -0.147. The first-order valence-corrected chi connectivity index (χ1v) is 8.68. The number of carboxylic acids is 1. The summed E-state index contributed by atoms with van der Waals surface area (Å²) in [6.45, 7) is 0.930.